The molecule has 3 heteroatoms. The number of ether oxygens (including phenoxy) is 1. The van der Waals surface area contributed by atoms with Crippen LogP contribution in [0.15, 0.2) is 22.7 Å². The lowest BCUT2D eigenvalue weighted by Crippen LogP contribution is -1.99. The van der Waals surface area contributed by atoms with Gasteiger partial charge in [-0.2, -0.15) is 0 Å². The first kappa shape index (κ1) is 11.7. The van der Waals surface area contributed by atoms with Gasteiger partial charge < -0.3 is 10.5 Å². The summed E-state index contributed by atoms with van der Waals surface area (Å²) in [6, 6.07) is 4.16. The molecule has 0 amide bonds. The van der Waals surface area contributed by atoms with Gasteiger partial charge in [0.25, 0.3) is 0 Å². The normalized spacial score (nSPS) is 21.2. The van der Waals surface area contributed by atoms with Crippen LogP contribution in [0.25, 0.3) is 5.57 Å². The number of hydrogen-bond acceptors (Lipinski definition) is 2. The van der Waals surface area contributed by atoms with Gasteiger partial charge in [0.2, 0.25) is 0 Å². The summed E-state index contributed by atoms with van der Waals surface area (Å²) in [5.74, 6) is 1.43. The van der Waals surface area contributed by atoms with Crippen LogP contribution in [0.1, 0.15) is 18.1 Å². The summed E-state index contributed by atoms with van der Waals surface area (Å²) in [6.45, 7) is 2.82. The fourth-order valence-electron chi connectivity index (χ4n) is 2.35. The molecule has 2 rings (SSSR count). The van der Waals surface area contributed by atoms with Crippen LogP contribution in [0.4, 0.5) is 0 Å². The quantitative estimate of drug-likeness (QED) is 0.905. The van der Waals surface area contributed by atoms with E-state index in [1.54, 1.807) is 7.11 Å². The molecule has 0 aromatic heterocycles. The highest BCUT2D eigenvalue weighted by atomic mass is 79.9. The van der Waals surface area contributed by atoms with E-state index in [0.29, 0.717) is 12.5 Å². The highest BCUT2D eigenvalue weighted by Crippen LogP contribution is 2.44. The minimum atomic E-state index is 0.543. The van der Waals surface area contributed by atoms with E-state index < -0.39 is 0 Å². The molecule has 0 saturated heterocycles. The molecule has 1 aliphatic carbocycles. The summed E-state index contributed by atoms with van der Waals surface area (Å²) >= 11 is 3.62. The monoisotopic (exact) mass is 281 g/mol. The van der Waals surface area contributed by atoms with Gasteiger partial charge in [-0.25, -0.2) is 0 Å². The Labute approximate surface area is 105 Å². The SMILES string of the molecule is COc1ccc2c(c1Br)C(=CCN)[C@@H](C)C2. The van der Waals surface area contributed by atoms with Crippen molar-refractivity contribution in [3.63, 3.8) is 0 Å². The molecule has 86 valence electrons. The van der Waals surface area contributed by atoms with Crippen molar-refractivity contribution in [1.29, 1.82) is 0 Å². The highest BCUT2D eigenvalue weighted by Gasteiger charge is 2.26. The molecule has 0 heterocycles. The van der Waals surface area contributed by atoms with Crippen molar-refractivity contribution in [2.45, 2.75) is 13.3 Å². The van der Waals surface area contributed by atoms with Gasteiger partial charge in [-0.1, -0.05) is 19.1 Å². The number of halogens is 1. The molecule has 1 aliphatic rings. The maximum absolute atomic E-state index is 5.63. The molecule has 2 nitrogen and oxygen atoms in total. The number of fused-ring (bicyclic) bond motifs is 1. The van der Waals surface area contributed by atoms with Crippen LogP contribution in [0.3, 0.4) is 0 Å². The Hall–Kier alpha value is -0.800. The Balaban J connectivity index is 2.58. The summed E-state index contributed by atoms with van der Waals surface area (Å²) in [7, 11) is 1.69. The zero-order valence-electron chi connectivity index (χ0n) is 9.59. The van der Waals surface area contributed by atoms with Gasteiger partial charge in [0, 0.05) is 6.54 Å². The smallest absolute Gasteiger partial charge is 0.133 e. The Morgan fingerprint density at radius 1 is 1.56 bits per heavy atom. The molecular weight excluding hydrogens is 266 g/mol. The van der Waals surface area contributed by atoms with E-state index in [9.17, 15) is 0 Å². The highest BCUT2D eigenvalue weighted by molar-refractivity contribution is 9.10. The number of allylic oxidation sites excluding steroid dienone is 1. The summed E-state index contributed by atoms with van der Waals surface area (Å²) in [5.41, 5.74) is 9.61. The molecule has 0 fully saturated rings. The van der Waals surface area contributed by atoms with Crippen molar-refractivity contribution in [3.05, 3.63) is 33.8 Å². The minimum Gasteiger partial charge on any atom is -0.496 e. The fourth-order valence-corrected chi connectivity index (χ4v) is 3.13. The summed E-state index contributed by atoms with van der Waals surface area (Å²) < 4.78 is 6.38. The van der Waals surface area contributed by atoms with Gasteiger partial charge in [0.05, 0.1) is 11.6 Å². The molecule has 2 N–H and O–H groups in total. The van der Waals surface area contributed by atoms with Crippen LogP contribution in [-0.4, -0.2) is 13.7 Å². The number of methoxy groups -OCH3 is 1. The predicted molar refractivity (Wildman–Crippen MR) is 70.6 cm³/mol. The molecule has 1 aromatic carbocycles. The van der Waals surface area contributed by atoms with E-state index in [-0.39, 0.29) is 0 Å². The molecule has 0 radical (unpaired) electrons. The van der Waals surface area contributed by atoms with E-state index in [2.05, 4.69) is 35.0 Å². The first-order valence-electron chi connectivity index (χ1n) is 5.45. The molecule has 0 unspecified atom stereocenters. The number of benzene rings is 1. The zero-order chi connectivity index (χ0) is 11.7. The minimum absolute atomic E-state index is 0.543. The molecule has 1 aromatic rings. The largest absolute Gasteiger partial charge is 0.496 e. The second-order valence-electron chi connectivity index (χ2n) is 4.12. The Kier molecular flexibility index (Phi) is 3.36. The molecule has 0 aliphatic heterocycles. The second-order valence-corrected chi connectivity index (χ2v) is 4.91. The van der Waals surface area contributed by atoms with E-state index in [4.69, 9.17) is 10.5 Å². The van der Waals surface area contributed by atoms with Gasteiger partial charge in [-0.15, -0.1) is 0 Å². The molecule has 0 saturated carbocycles. The Morgan fingerprint density at radius 3 is 2.94 bits per heavy atom. The lowest BCUT2D eigenvalue weighted by atomic mass is 10.0. The average Bonchev–Trinajstić information content (AvgIpc) is 2.58. The van der Waals surface area contributed by atoms with E-state index in [1.807, 2.05) is 6.07 Å². The summed E-state index contributed by atoms with van der Waals surface area (Å²) in [6.07, 6.45) is 3.20. The van der Waals surface area contributed by atoms with Crippen molar-refractivity contribution in [2.75, 3.05) is 13.7 Å². The van der Waals surface area contributed by atoms with Crippen LogP contribution >= 0.6 is 15.9 Å². The third kappa shape index (κ3) is 1.78. The summed E-state index contributed by atoms with van der Waals surface area (Å²) in [5, 5.41) is 0. The van der Waals surface area contributed by atoms with Crippen molar-refractivity contribution in [1.82, 2.24) is 0 Å². The average molecular weight is 282 g/mol. The van der Waals surface area contributed by atoms with Gasteiger partial charge in [0.15, 0.2) is 0 Å². The van der Waals surface area contributed by atoms with Crippen LogP contribution in [-0.2, 0) is 6.42 Å². The van der Waals surface area contributed by atoms with Crippen LogP contribution in [0.2, 0.25) is 0 Å². The van der Waals surface area contributed by atoms with E-state index in [1.165, 1.54) is 16.7 Å². The van der Waals surface area contributed by atoms with Crippen LogP contribution in [0.5, 0.6) is 5.75 Å². The maximum Gasteiger partial charge on any atom is 0.133 e. The maximum atomic E-state index is 5.63. The van der Waals surface area contributed by atoms with Crippen molar-refractivity contribution < 1.29 is 4.74 Å². The third-order valence-corrected chi connectivity index (χ3v) is 3.88. The van der Waals surface area contributed by atoms with Crippen LogP contribution < -0.4 is 10.5 Å². The first-order chi connectivity index (χ1) is 7.69. The van der Waals surface area contributed by atoms with E-state index in [0.717, 1.165) is 16.6 Å². The van der Waals surface area contributed by atoms with Crippen molar-refractivity contribution >= 4 is 21.5 Å². The Morgan fingerprint density at radius 2 is 2.31 bits per heavy atom. The van der Waals surface area contributed by atoms with Gasteiger partial charge >= 0.3 is 0 Å². The number of hydrogen-bond donors (Lipinski definition) is 1. The van der Waals surface area contributed by atoms with Crippen LogP contribution in [0, 0.1) is 5.92 Å². The lowest BCUT2D eigenvalue weighted by molar-refractivity contribution is 0.412. The number of rotatable bonds is 2. The lowest BCUT2D eigenvalue weighted by Gasteiger charge is -2.10. The standard InChI is InChI=1S/C13H16BrNO/c1-8-7-9-3-4-11(16-2)13(14)12(9)10(8)5-6-15/h3-5,8H,6-7,15H2,1-2H3/t8-/m0/s1. The Bertz CT molecular complexity index is 440. The summed E-state index contributed by atoms with van der Waals surface area (Å²) in [4.78, 5) is 0. The first-order valence-corrected chi connectivity index (χ1v) is 6.24. The second kappa shape index (κ2) is 4.60. The zero-order valence-corrected chi connectivity index (χ0v) is 11.2. The van der Waals surface area contributed by atoms with Crippen molar-refractivity contribution in [2.24, 2.45) is 11.7 Å². The molecular formula is C13H16BrNO. The molecule has 1 atom stereocenters. The topological polar surface area (TPSA) is 35.2 Å². The van der Waals surface area contributed by atoms with Gasteiger partial charge in [0.1, 0.15) is 5.75 Å². The van der Waals surface area contributed by atoms with E-state index >= 15 is 0 Å². The van der Waals surface area contributed by atoms with Gasteiger partial charge in [-0.05, 0) is 51.0 Å². The molecule has 16 heavy (non-hydrogen) atoms. The van der Waals surface area contributed by atoms with Gasteiger partial charge in [-0.3, -0.25) is 0 Å². The molecule has 0 bridgehead atoms. The fraction of sp³-hybridized carbons (Fsp3) is 0.385. The third-order valence-electron chi connectivity index (χ3n) is 3.10. The predicted octanol–water partition coefficient (Wildman–Crippen LogP) is 2.99. The van der Waals surface area contributed by atoms with Crippen molar-refractivity contribution in [3.8, 4) is 5.75 Å². The molecule has 0 spiro atoms. The number of nitrogens with two attached hydrogens (primary N) is 1.